The lowest BCUT2D eigenvalue weighted by Gasteiger charge is -2.13. The van der Waals surface area contributed by atoms with E-state index in [9.17, 15) is 14.4 Å². The molecule has 102 valence electrons. The number of carbonyl (C=O) groups excluding carboxylic acids is 2. The zero-order valence-electron chi connectivity index (χ0n) is 10.3. The first-order valence-corrected chi connectivity index (χ1v) is 5.87. The summed E-state index contributed by atoms with van der Waals surface area (Å²) in [6.45, 7) is 0.202. The fourth-order valence-corrected chi connectivity index (χ4v) is 1.95. The van der Waals surface area contributed by atoms with Crippen molar-refractivity contribution in [2.45, 2.75) is 31.7 Å². The fraction of sp³-hybridized carbons (Fsp3) is 0.727. The number of hydrogen-bond donors (Lipinski definition) is 3. The van der Waals surface area contributed by atoms with Crippen LogP contribution >= 0.6 is 0 Å². The highest BCUT2D eigenvalue weighted by Crippen LogP contribution is 2.25. The number of methoxy groups -OCH3 is 1. The van der Waals surface area contributed by atoms with E-state index in [2.05, 4.69) is 15.4 Å². The van der Waals surface area contributed by atoms with Crippen molar-refractivity contribution in [3.8, 4) is 0 Å². The summed E-state index contributed by atoms with van der Waals surface area (Å²) in [5, 5.41) is 14.0. The average Bonchev–Trinajstić information content (AvgIpc) is 2.77. The van der Waals surface area contributed by atoms with E-state index in [0.717, 1.165) is 0 Å². The molecule has 1 aliphatic carbocycles. The van der Waals surface area contributed by atoms with Crippen LogP contribution in [-0.2, 0) is 14.3 Å². The van der Waals surface area contributed by atoms with Gasteiger partial charge in [-0.25, -0.2) is 4.79 Å². The van der Waals surface area contributed by atoms with Crippen LogP contribution in [0.2, 0.25) is 0 Å². The molecule has 0 unspecified atom stereocenters. The van der Waals surface area contributed by atoms with Crippen LogP contribution in [0.1, 0.15) is 25.7 Å². The Bertz CT molecular complexity index is 331. The number of carboxylic acids is 1. The van der Waals surface area contributed by atoms with Gasteiger partial charge in [0.1, 0.15) is 0 Å². The molecule has 0 saturated heterocycles. The minimum atomic E-state index is -0.814. The van der Waals surface area contributed by atoms with Gasteiger partial charge in [-0.2, -0.15) is 0 Å². The van der Waals surface area contributed by atoms with Gasteiger partial charge in [0.25, 0.3) is 0 Å². The Kier molecular flexibility index (Phi) is 5.41. The van der Waals surface area contributed by atoms with Gasteiger partial charge in [-0.3, -0.25) is 9.59 Å². The van der Waals surface area contributed by atoms with Crippen LogP contribution in [0.25, 0.3) is 0 Å². The molecule has 0 heterocycles. The molecule has 0 bridgehead atoms. The molecule has 3 N–H and O–H groups in total. The molecule has 0 aromatic heterocycles. The largest absolute Gasteiger partial charge is 0.481 e. The van der Waals surface area contributed by atoms with Crippen molar-refractivity contribution < 1.29 is 24.2 Å². The minimum absolute atomic E-state index is 0.107. The molecule has 18 heavy (non-hydrogen) atoms. The maximum Gasteiger partial charge on any atom is 0.315 e. The molecule has 1 aliphatic rings. The molecule has 2 atom stereocenters. The van der Waals surface area contributed by atoms with E-state index in [4.69, 9.17) is 5.11 Å². The second-order valence-corrected chi connectivity index (χ2v) is 4.27. The number of rotatable bonds is 5. The summed E-state index contributed by atoms with van der Waals surface area (Å²) in [6.07, 6.45) is 1.83. The lowest BCUT2D eigenvalue weighted by atomic mass is 10.1. The molecular weight excluding hydrogens is 240 g/mol. The summed E-state index contributed by atoms with van der Waals surface area (Å²) in [4.78, 5) is 33.0. The zero-order chi connectivity index (χ0) is 13.5. The smallest absolute Gasteiger partial charge is 0.315 e. The summed E-state index contributed by atoms with van der Waals surface area (Å²) >= 11 is 0. The first-order chi connectivity index (χ1) is 8.52. The Balaban J connectivity index is 2.17. The molecule has 0 aromatic carbocycles. The summed E-state index contributed by atoms with van der Waals surface area (Å²) in [6, 6.07) is -0.487. The van der Waals surface area contributed by atoms with Gasteiger partial charge in [0, 0.05) is 12.6 Å². The summed E-state index contributed by atoms with van der Waals surface area (Å²) < 4.78 is 4.43. The normalized spacial score (nSPS) is 22.3. The molecule has 2 amide bonds. The summed E-state index contributed by atoms with van der Waals surface area (Å²) in [5.41, 5.74) is 0. The molecule has 0 aliphatic heterocycles. The van der Waals surface area contributed by atoms with E-state index in [1.807, 2.05) is 0 Å². The van der Waals surface area contributed by atoms with Crippen LogP contribution in [0.3, 0.4) is 0 Å². The molecule has 1 saturated carbocycles. The molecule has 7 heteroatoms. The first kappa shape index (κ1) is 14.3. The van der Waals surface area contributed by atoms with Gasteiger partial charge in [0.15, 0.2) is 0 Å². The van der Waals surface area contributed by atoms with Crippen molar-refractivity contribution in [1.82, 2.24) is 10.6 Å². The Labute approximate surface area is 105 Å². The Morgan fingerprint density at radius 1 is 1.33 bits per heavy atom. The lowest BCUT2D eigenvalue weighted by molar-refractivity contribution is -0.142. The number of carboxylic acid groups (broad SMARTS) is 1. The van der Waals surface area contributed by atoms with Gasteiger partial charge >= 0.3 is 18.0 Å². The Morgan fingerprint density at radius 3 is 2.61 bits per heavy atom. The molecule has 7 nitrogen and oxygen atoms in total. The van der Waals surface area contributed by atoms with E-state index in [-0.39, 0.29) is 36.9 Å². The van der Waals surface area contributed by atoms with Crippen LogP contribution in [0.5, 0.6) is 0 Å². The monoisotopic (exact) mass is 258 g/mol. The maximum atomic E-state index is 11.4. The quantitative estimate of drug-likeness (QED) is 0.607. The molecule has 0 aromatic rings. The molecule has 0 spiro atoms. The zero-order valence-corrected chi connectivity index (χ0v) is 10.3. The predicted octanol–water partition coefficient (Wildman–Crippen LogP) is 0.102. The van der Waals surface area contributed by atoms with Crippen molar-refractivity contribution in [1.29, 1.82) is 0 Å². The van der Waals surface area contributed by atoms with E-state index >= 15 is 0 Å². The number of esters is 1. The number of aliphatic carboxylic acids is 1. The molecule has 1 fully saturated rings. The van der Waals surface area contributed by atoms with Crippen LogP contribution in [0.4, 0.5) is 4.79 Å². The highest BCUT2D eigenvalue weighted by atomic mass is 16.5. The van der Waals surface area contributed by atoms with E-state index in [0.29, 0.717) is 19.3 Å². The second-order valence-electron chi connectivity index (χ2n) is 4.27. The van der Waals surface area contributed by atoms with Gasteiger partial charge < -0.3 is 20.5 Å². The highest BCUT2D eigenvalue weighted by molar-refractivity contribution is 5.76. The standard InChI is InChI=1S/C11H18N2O5/c1-18-9(14)4-5-12-11(17)13-8-3-2-7(6-8)10(15)16/h7-8H,2-6H2,1H3,(H,15,16)(H2,12,13,17)/t7-,8+/m1/s1. The third-order valence-corrected chi connectivity index (χ3v) is 2.96. The molecule has 0 radical (unpaired) electrons. The van der Waals surface area contributed by atoms with Crippen LogP contribution < -0.4 is 10.6 Å². The van der Waals surface area contributed by atoms with Crippen molar-refractivity contribution in [3.05, 3.63) is 0 Å². The highest BCUT2D eigenvalue weighted by Gasteiger charge is 2.30. The minimum Gasteiger partial charge on any atom is -0.481 e. The van der Waals surface area contributed by atoms with E-state index in [1.165, 1.54) is 7.11 Å². The van der Waals surface area contributed by atoms with Crippen molar-refractivity contribution in [3.63, 3.8) is 0 Å². The molecule has 1 rings (SSSR count). The van der Waals surface area contributed by atoms with Crippen molar-refractivity contribution in [2.75, 3.05) is 13.7 Å². The number of amides is 2. The number of hydrogen-bond acceptors (Lipinski definition) is 4. The van der Waals surface area contributed by atoms with Crippen LogP contribution in [0, 0.1) is 5.92 Å². The summed E-state index contributed by atoms with van der Waals surface area (Å²) in [5.74, 6) is -1.57. The summed E-state index contributed by atoms with van der Waals surface area (Å²) in [7, 11) is 1.28. The van der Waals surface area contributed by atoms with Crippen molar-refractivity contribution in [2.24, 2.45) is 5.92 Å². The van der Waals surface area contributed by atoms with Crippen LogP contribution in [0.15, 0.2) is 0 Å². The van der Waals surface area contributed by atoms with E-state index < -0.39 is 5.97 Å². The predicted molar refractivity (Wildman–Crippen MR) is 61.9 cm³/mol. The Hall–Kier alpha value is -1.79. The third-order valence-electron chi connectivity index (χ3n) is 2.96. The molecular formula is C11H18N2O5. The third kappa shape index (κ3) is 4.60. The number of urea groups is 1. The maximum absolute atomic E-state index is 11.4. The van der Waals surface area contributed by atoms with Crippen LogP contribution in [-0.4, -0.2) is 42.8 Å². The number of carbonyl (C=O) groups is 3. The van der Waals surface area contributed by atoms with E-state index in [1.54, 1.807) is 0 Å². The second kappa shape index (κ2) is 6.83. The van der Waals surface area contributed by atoms with Gasteiger partial charge in [0.2, 0.25) is 0 Å². The average molecular weight is 258 g/mol. The number of ether oxygens (including phenoxy) is 1. The van der Waals surface area contributed by atoms with Gasteiger partial charge in [-0.15, -0.1) is 0 Å². The van der Waals surface area contributed by atoms with Gasteiger partial charge in [0.05, 0.1) is 19.4 Å². The Morgan fingerprint density at radius 2 is 2.06 bits per heavy atom. The number of nitrogens with one attached hydrogen (secondary N) is 2. The van der Waals surface area contributed by atoms with Gasteiger partial charge in [-0.1, -0.05) is 0 Å². The van der Waals surface area contributed by atoms with Crippen molar-refractivity contribution >= 4 is 18.0 Å². The SMILES string of the molecule is COC(=O)CCNC(=O)N[C@H]1CC[C@@H](C(=O)O)C1. The fourth-order valence-electron chi connectivity index (χ4n) is 1.95. The first-order valence-electron chi connectivity index (χ1n) is 5.87. The van der Waals surface area contributed by atoms with Gasteiger partial charge in [-0.05, 0) is 19.3 Å². The lowest BCUT2D eigenvalue weighted by Crippen LogP contribution is -2.41. The topological polar surface area (TPSA) is 105 Å².